The fraction of sp³-hybridized carbons (Fsp3) is 0.333. The molecule has 30 heavy (non-hydrogen) atoms. The van der Waals surface area contributed by atoms with Crippen molar-refractivity contribution < 1.29 is 23.9 Å². The van der Waals surface area contributed by atoms with Gasteiger partial charge in [0.05, 0.1) is 5.56 Å². The van der Waals surface area contributed by atoms with Crippen LogP contribution in [-0.2, 0) is 4.74 Å². The van der Waals surface area contributed by atoms with Crippen LogP contribution in [0, 0.1) is 0 Å². The van der Waals surface area contributed by atoms with Gasteiger partial charge in [0.15, 0.2) is 0 Å². The first-order valence-corrected chi connectivity index (χ1v) is 10.7. The van der Waals surface area contributed by atoms with E-state index < -0.39 is 18.0 Å². The van der Waals surface area contributed by atoms with Crippen LogP contribution in [0.25, 0.3) is 0 Å². The minimum absolute atomic E-state index is 0.0487. The van der Waals surface area contributed by atoms with Crippen molar-refractivity contribution >= 4 is 35.2 Å². The third-order valence-corrected chi connectivity index (χ3v) is 5.43. The number of nitrogens with zero attached hydrogens (tertiary/aromatic N) is 2. The molecule has 1 aromatic heterocycles. The van der Waals surface area contributed by atoms with Crippen molar-refractivity contribution in [1.29, 1.82) is 0 Å². The van der Waals surface area contributed by atoms with Gasteiger partial charge in [0.1, 0.15) is 0 Å². The van der Waals surface area contributed by atoms with Crippen LogP contribution < -0.4 is 5.43 Å². The van der Waals surface area contributed by atoms with E-state index in [9.17, 15) is 19.2 Å². The zero-order valence-corrected chi connectivity index (χ0v) is 17.4. The van der Waals surface area contributed by atoms with Gasteiger partial charge in [-0.2, -0.15) is 11.3 Å². The fourth-order valence-electron chi connectivity index (χ4n) is 3.06. The molecule has 1 saturated heterocycles. The lowest BCUT2D eigenvalue weighted by molar-refractivity contribution is 0.0471. The van der Waals surface area contributed by atoms with E-state index in [0.29, 0.717) is 5.56 Å². The summed E-state index contributed by atoms with van der Waals surface area (Å²) in [6.07, 6.45) is 2.17. The molecular weight excluding hydrogens is 406 g/mol. The van der Waals surface area contributed by atoms with E-state index in [2.05, 4.69) is 5.43 Å². The van der Waals surface area contributed by atoms with Crippen LogP contribution in [0.1, 0.15) is 57.3 Å². The van der Waals surface area contributed by atoms with Gasteiger partial charge in [0, 0.05) is 36.1 Å². The SMILES string of the molecule is CCN(NC(=O)c1ccc(C(=O)N2CCCCC2)cc1)C(=O)OC(=O)c1ccsc1. The Balaban J connectivity index is 1.58. The summed E-state index contributed by atoms with van der Waals surface area (Å²) in [5.41, 5.74) is 3.48. The highest BCUT2D eigenvalue weighted by molar-refractivity contribution is 7.08. The Kier molecular flexibility index (Phi) is 7.18. The number of carbonyl (C=O) groups excluding carboxylic acids is 4. The molecule has 0 spiro atoms. The van der Waals surface area contributed by atoms with Crippen molar-refractivity contribution in [2.75, 3.05) is 19.6 Å². The lowest BCUT2D eigenvalue weighted by Crippen LogP contribution is -2.46. The number of hydrazine groups is 1. The maximum atomic E-state index is 12.5. The molecule has 1 aromatic carbocycles. The van der Waals surface area contributed by atoms with Crippen molar-refractivity contribution in [2.24, 2.45) is 0 Å². The molecule has 1 aliphatic heterocycles. The van der Waals surface area contributed by atoms with E-state index >= 15 is 0 Å². The molecule has 1 fully saturated rings. The van der Waals surface area contributed by atoms with E-state index in [0.717, 1.165) is 37.4 Å². The average molecular weight is 429 g/mol. The third-order valence-electron chi connectivity index (χ3n) is 4.75. The number of ether oxygens (including phenoxy) is 1. The quantitative estimate of drug-likeness (QED) is 0.457. The molecule has 9 heteroatoms. The molecule has 0 aliphatic carbocycles. The number of hydrogen-bond donors (Lipinski definition) is 1. The Bertz CT molecular complexity index is 905. The molecule has 8 nitrogen and oxygen atoms in total. The van der Waals surface area contributed by atoms with Gasteiger partial charge in [-0.1, -0.05) is 0 Å². The van der Waals surface area contributed by atoms with Gasteiger partial charge in [-0.3, -0.25) is 15.0 Å². The predicted molar refractivity (Wildman–Crippen MR) is 111 cm³/mol. The van der Waals surface area contributed by atoms with Crippen LogP contribution in [0.15, 0.2) is 41.1 Å². The van der Waals surface area contributed by atoms with E-state index in [1.165, 1.54) is 23.5 Å². The number of hydrogen-bond acceptors (Lipinski definition) is 6. The lowest BCUT2D eigenvalue weighted by atomic mass is 10.1. The number of thiophene rings is 1. The Morgan fingerprint density at radius 1 is 1.00 bits per heavy atom. The van der Waals surface area contributed by atoms with Crippen LogP contribution >= 0.6 is 11.3 Å². The molecule has 2 aromatic rings. The first kappa shape index (κ1) is 21.5. The molecule has 3 rings (SSSR count). The normalized spacial score (nSPS) is 13.4. The Morgan fingerprint density at radius 2 is 1.67 bits per heavy atom. The highest BCUT2D eigenvalue weighted by atomic mass is 32.1. The van der Waals surface area contributed by atoms with Gasteiger partial charge < -0.3 is 9.64 Å². The Hall–Kier alpha value is -3.20. The second-order valence-electron chi connectivity index (χ2n) is 6.78. The summed E-state index contributed by atoms with van der Waals surface area (Å²) >= 11 is 1.31. The predicted octanol–water partition coefficient (Wildman–Crippen LogP) is 3.32. The second-order valence-corrected chi connectivity index (χ2v) is 7.56. The lowest BCUT2D eigenvalue weighted by Gasteiger charge is -2.26. The summed E-state index contributed by atoms with van der Waals surface area (Å²) in [6.45, 7) is 3.24. The summed E-state index contributed by atoms with van der Waals surface area (Å²) < 4.78 is 4.79. The fourth-order valence-corrected chi connectivity index (χ4v) is 3.68. The summed E-state index contributed by atoms with van der Waals surface area (Å²) in [4.78, 5) is 50.9. The molecule has 1 N–H and O–H groups in total. The number of carbonyl (C=O) groups is 4. The second kappa shape index (κ2) is 10.0. The van der Waals surface area contributed by atoms with Gasteiger partial charge in [0.25, 0.3) is 11.8 Å². The molecule has 158 valence electrons. The van der Waals surface area contributed by atoms with Gasteiger partial charge in [-0.15, -0.1) is 0 Å². The molecule has 0 saturated carbocycles. The van der Waals surface area contributed by atoms with Gasteiger partial charge >= 0.3 is 12.1 Å². The molecule has 3 amide bonds. The van der Waals surface area contributed by atoms with Crippen LogP contribution in [0.3, 0.4) is 0 Å². The molecule has 0 atom stereocenters. The van der Waals surface area contributed by atoms with Crippen LogP contribution in [-0.4, -0.2) is 53.4 Å². The van der Waals surface area contributed by atoms with Crippen LogP contribution in [0.2, 0.25) is 0 Å². The summed E-state index contributed by atoms with van der Waals surface area (Å²) in [5, 5.41) is 4.18. The molecule has 0 bridgehead atoms. The number of likely N-dealkylation sites (tertiary alicyclic amines) is 1. The first-order chi connectivity index (χ1) is 14.5. The highest BCUT2D eigenvalue weighted by Crippen LogP contribution is 2.14. The van der Waals surface area contributed by atoms with Crippen molar-refractivity contribution in [1.82, 2.24) is 15.3 Å². The third kappa shape index (κ3) is 5.24. The number of rotatable bonds is 4. The van der Waals surface area contributed by atoms with Crippen molar-refractivity contribution in [3.05, 3.63) is 57.8 Å². The molecule has 0 unspecified atom stereocenters. The van der Waals surface area contributed by atoms with Crippen molar-refractivity contribution in [3.8, 4) is 0 Å². The van der Waals surface area contributed by atoms with Crippen molar-refractivity contribution in [3.63, 3.8) is 0 Å². The van der Waals surface area contributed by atoms with E-state index in [1.807, 2.05) is 4.90 Å². The Labute approximate surface area is 178 Å². The van der Waals surface area contributed by atoms with E-state index in [1.54, 1.807) is 35.9 Å². The number of amides is 3. The topological polar surface area (TPSA) is 96.0 Å². The monoisotopic (exact) mass is 429 g/mol. The standard InChI is InChI=1S/C21H23N3O5S/c1-2-24(21(28)29-20(27)17-10-13-30-14-17)22-18(25)15-6-8-16(9-7-15)19(26)23-11-4-3-5-12-23/h6-10,13-14H,2-5,11-12H2,1H3,(H,22,25). The summed E-state index contributed by atoms with van der Waals surface area (Å²) in [5.74, 6) is -1.38. The van der Waals surface area contributed by atoms with Crippen molar-refractivity contribution in [2.45, 2.75) is 26.2 Å². The van der Waals surface area contributed by atoms with Crippen LogP contribution in [0.4, 0.5) is 4.79 Å². The zero-order valence-electron chi connectivity index (χ0n) is 16.6. The van der Waals surface area contributed by atoms with Crippen LogP contribution in [0.5, 0.6) is 0 Å². The van der Waals surface area contributed by atoms with E-state index in [-0.39, 0.29) is 23.6 Å². The molecule has 0 radical (unpaired) electrons. The summed E-state index contributed by atoms with van der Waals surface area (Å²) in [6, 6.07) is 7.80. The minimum Gasteiger partial charge on any atom is -0.371 e. The minimum atomic E-state index is -0.973. The first-order valence-electron chi connectivity index (χ1n) is 9.75. The molecule has 2 heterocycles. The number of nitrogens with one attached hydrogen (secondary N) is 1. The van der Waals surface area contributed by atoms with Gasteiger partial charge in [-0.25, -0.2) is 14.6 Å². The largest absolute Gasteiger partial charge is 0.436 e. The number of benzene rings is 1. The molecular formula is C21H23N3O5S. The maximum absolute atomic E-state index is 12.5. The number of esters is 1. The summed E-state index contributed by atoms with van der Waals surface area (Å²) in [7, 11) is 0. The molecule has 1 aliphatic rings. The Morgan fingerprint density at radius 3 is 2.27 bits per heavy atom. The van der Waals surface area contributed by atoms with Gasteiger partial charge in [0.2, 0.25) is 0 Å². The average Bonchev–Trinajstić information content (AvgIpc) is 3.32. The van der Waals surface area contributed by atoms with Gasteiger partial charge in [-0.05, 0) is 61.9 Å². The smallest absolute Gasteiger partial charge is 0.371 e. The number of piperidine rings is 1. The maximum Gasteiger partial charge on any atom is 0.436 e. The van der Waals surface area contributed by atoms with E-state index in [4.69, 9.17) is 4.74 Å². The zero-order chi connectivity index (χ0) is 21.5. The highest BCUT2D eigenvalue weighted by Gasteiger charge is 2.22.